The van der Waals surface area contributed by atoms with Crippen molar-refractivity contribution in [3.05, 3.63) is 29.8 Å². The molecule has 0 bridgehead atoms. The maximum Gasteiger partial charge on any atom is 0.133 e. The van der Waals surface area contributed by atoms with Crippen molar-refractivity contribution < 1.29 is 10.3 Å². The van der Waals surface area contributed by atoms with E-state index >= 15 is 0 Å². The molecule has 1 aliphatic heterocycles. The van der Waals surface area contributed by atoms with Crippen molar-refractivity contribution in [3.63, 3.8) is 0 Å². The molecule has 16 heavy (non-hydrogen) atoms. The number of anilines is 1. The molecule has 84 valence electrons. The molecule has 0 amide bonds. The van der Waals surface area contributed by atoms with Gasteiger partial charge in [-0.05, 0) is 18.2 Å². The molecule has 0 aromatic carbocycles. The fourth-order valence-electron chi connectivity index (χ4n) is 1.55. The lowest BCUT2D eigenvalue weighted by molar-refractivity contribution is 0.149. The van der Waals surface area contributed by atoms with Crippen LogP contribution in [0, 0.1) is 5.41 Å². The van der Waals surface area contributed by atoms with Gasteiger partial charge in [0.1, 0.15) is 5.69 Å². The van der Waals surface area contributed by atoms with E-state index in [1.54, 1.807) is 18.2 Å². The fraction of sp³-hybridized carbons (Fsp3) is 0.200. The SMILES string of the molecule is N=c1ccc(NCCO)c2n(O)nccc1-2. The van der Waals surface area contributed by atoms with Gasteiger partial charge in [0.05, 0.1) is 23.8 Å². The van der Waals surface area contributed by atoms with Crippen LogP contribution in [0.1, 0.15) is 0 Å². The summed E-state index contributed by atoms with van der Waals surface area (Å²) in [6, 6.07) is 4.96. The zero-order valence-electron chi connectivity index (χ0n) is 8.51. The van der Waals surface area contributed by atoms with Crippen molar-refractivity contribution in [1.82, 2.24) is 9.94 Å². The first-order valence-electron chi connectivity index (χ1n) is 4.83. The number of fused-ring (bicyclic) bond motifs is 1. The van der Waals surface area contributed by atoms with Crippen molar-refractivity contribution in [1.29, 1.82) is 5.41 Å². The van der Waals surface area contributed by atoms with E-state index in [1.807, 2.05) is 0 Å². The number of aromatic nitrogens is 2. The van der Waals surface area contributed by atoms with E-state index in [0.29, 0.717) is 28.8 Å². The normalized spacial score (nSPS) is 10.6. The Bertz CT molecular complexity index is 523. The molecule has 1 aliphatic carbocycles. The highest BCUT2D eigenvalue weighted by molar-refractivity contribution is 5.74. The summed E-state index contributed by atoms with van der Waals surface area (Å²) in [7, 11) is 0. The number of hydrogen-bond acceptors (Lipinski definition) is 5. The third-order valence-electron chi connectivity index (χ3n) is 2.26. The van der Waals surface area contributed by atoms with E-state index in [2.05, 4.69) is 10.4 Å². The summed E-state index contributed by atoms with van der Waals surface area (Å²) in [5.74, 6) is 0. The highest BCUT2D eigenvalue weighted by Crippen LogP contribution is 2.24. The second-order valence-electron chi connectivity index (χ2n) is 3.29. The molecule has 0 saturated heterocycles. The monoisotopic (exact) mass is 220 g/mol. The first kappa shape index (κ1) is 10.4. The van der Waals surface area contributed by atoms with Gasteiger partial charge in [-0.1, -0.05) is 4.85 Å². The topological polar surface area (TPSA) is 94.2 Å². The van der Waals surface area contributed by atoms with Crippen LogP contribution >= 0.6 is 0 Å². The van der Waals surface area contributed by atoms with Crippen molar-refractivity contribution in [2.75, 3.05) is 18.5 Å². The van der Waals surface area contributed by atoms with E-state index in [4.69, 9.17) is 10.5 Å². The van der Waals surface area contributed by atoms with E-state index < -0.39 is 0 Å². The molecule has 0 radical (unpaired) electrons. The zero-order chi connectivity index (χ0) is 11.5. The molecule has 1 heterocycles. The van der Waals surface area contributed by atoms with Crippen molar-refractivity contribution in [2.24, 2.45) is 0 Å². The van der Waals surface area contributed by atoms with Gasteiger partial charge in [0.2, 0.25) is 0 Å². The molecule has 0 fully saturated rings. The molecule has 6 nitrogen and oxygen atoms in total. The number of hydrogen-bond donors (Lipinski definition) is 4. The van der Waals surface area contributed by atoms with Crippen molar-refractivity contribution >= 4 is 5.69 Å². The number of aliphatic hydroxyl groups excluding tert-OH is 1. The quantitative estimate of drug-likeness (QED) is 0.552. The van der Waals surface area contributed by atoms with Gasteiger partial charge in [-0.2, -0.15) is 0 Å². The average Bonchev–Trinajstić information content (AvgIpc) is 2.29. The van der Waals surface area contributed by atoms with Gasteiger partial charge in [-0.3, -0.25) is 0 Å². The van der Waals surface area contributed by atoms with Crippen LogP contribution in [0.15, 0.2) is 24.4 Å². The van der Waals surface area contributed by atoms with Gasteiger partial charge in [-0.15, -0.1) is 5.10 Å². The fourth-order valence-corrected chi connectivity index (χ4v) is 1.55. The largest absolute Gasteiger partial charge is 0.411 e. The Morgan fingerprint density at radius 2 is 2.19 bits per heavy atom. The molecular formula is C10H12N4O2. The Morgan fingerprint density at radius 1 is 1.38 bits per heavy atom. The summed E-state index contributed by atoms with van der Waals surface area (Å²) >= 11 is 0. The third-order valence-corrected chi connectivity index (χ3v) is 2.26. The summed E-state index contributed by atoms with van der Waals surface area (Å²) in [6.45, 7) is 0.372. The molecule has 0 saturated carbocycles. The predicted octanol–water partition coefficient (Wildman–Crippen LogP) is 0.109. The highest BCUT2D eigenvalue weighted by Gasteiger charge is 2.13. The Kier molecular flexibility index (Phi) is 2.74. The molecule has 0 aromatic rings. The number of nitrogens with one attached hydrogen (secondary N) is 2. The maximum absolute atomic E-state index is 9.60. The average molecular weight is 220 g/mol. The second kappa shape index (κ2) is 4.19. The predicted molar refractivity (Wildman–Crippen MR) is 57.5 cm³/mol. The van der Waals surface area contributed by atoms with Crippen LogP contribution in [-0.2, 0) is 0 Å². The number of rotatable bonds is 3. The van der Waals surface area contributed by atoms with Crippen LogP contribution in [0.5, 0.6) is 0 Å². The molecule has 0 spiro atoms. The molecule has 0 aromatic heterocycles. The Morgan fingerprint density at radius 3 is 2.94 bits per heavy atom. The number of benzene rings is 1. The van der Waals surface area contributed by atoms with Gasteiger partial charge in [0.15, 0.2) is 0 Å². The van der Waals surface area contributed by atoms with E-state index in [-0.39, 0.29) is 6.61 Å². The van der Waals surface area contributed by atoms with Crippen molar-refractivity contribution in [2.45, 2.75) is 0 Å². The zero-order valence-corrected chi connectivity index (χ0v) is 8.51. The van der Waals surface area contributed by atoms with Gasteiger partial charge < -0.3 is 21.0 Å². The lowest BCUT2D eigenvalue weighted by Gasteiger charge is -2.14. The standard InChI is InChI=1S/C10H12N4O2/c11-8-1-2-9(12-5-6-15)10-7(8)3-4-13-14(10)16/h1-4,11-12,15-16H,5-6H2. The van der Waals surface area contributed by atoms with E-state index in [9.17, 15) is 5.21 Å². The minimum Gasteiger partial charge on any atom is -0.411 e. The Hall–Kier alpha value is -2.08. The maximum atomic E-state index is 9.60. The summed E-state index contributed by atoms with van der Waals surface area (Å²) < 4.78 is 0. The minimum absolute atomic E-state index is 0.00416. The Labute approximate surface area is 91.6 Å². The van der Waals surface area contributed by atoms with Gasteiger partial charge in [0.25, 0.3) is 0 Å². The van der Waals surface area contributed by atoms with Gasteiger partial charge in [-0.25, -0.2) is 0 Å². The molecule has 0 atom stereocenters. The van der Waals surface area contributed by atoms with Crippen LogP contribution in [0.3, 0.4) is 0 Å². The number of aliphatic hydroxyl groups is 1. The summed E-state index contributed by atoms with van der Waals surface area (Å²) in [4.78, 5) is 0.729. The Balaban J connectivity index is 2.59. The van der Waals surface area contributed by atoms with E-state index in [0.717, 1.165) is 4.85 Å². The summed E-state index contributed by atoms with van der Waals surface area (Å²) in [6.07, 6.45) is 1.43. The lowest BCUT2D eigenvalue weighted by atomic mass is 10.1. The van der Waals surface area contributed by atoms with E-state index in [1.165, 1.54) is 6.20 Å². The lowest BCUT2D eigenvalue weighted by Crippen LogP contribution is -2.16. The molecule has 2 aliphatic rings. The molecular weight excluding hydrogens is 208 g/mol. The first-order valence-corrected chi connectivity index (χ1v) is 4.83. The molecule has 4 N–H and O–H groups in total. The van der Waals surface area contributed by atoms with Crippen LogP contribution in [0.2, 0.25) is 0 Å². The highest BCUT2D eigenvalue weighted by atomic mass is 16.5. The summed E-state index contributed by atoms with van der Waals surface area (Å²) in [5, 5.41) is 33.0. The molecule has 6 heteroatoms. The first-order chi connectivity index (χ1) is 7.74. The van der Waals surface area contributed by atoms with Gasteiger partial charge in [0, 0.05) is 12.1 Å². The smallest absolute Gasteiger partial charge is 0.133 e. The van der Waals surface area contributed by atoms with Crippen molar-refractivity contribution in [3.8, 4) is 11.3 Å². The second-order valence-corrected chi connectivity index (χ2v) is 3.29. The molecule has 2 rings (SSSR count). The third kappa shape index (κ3) is 1.70. The van der Waals surface area contributed by atoms with Crippen LogP contribution in [-0.4, -0.2) is 33.4 Å². The van der Waals surface area contributed by atoms with Gasteiger partial charge >= 0.3 is 0 Å². The minimum atomic E-state index is -0.00416. The van der Waals surface area contributed by atoms with Crippen LogP contribution in [0.4, 0.5) is 5.69 Å². The summed E-state index contributed by atoms with van der Waals surface area (Å²) in [5.41, 5.74) is 1.67. The van der Waals surface area contributed by atoms with Crippen LogP contribution in [0.25, 0.3) is 11.3 Å². The number of nitrogens with zero attached hydrogens (tertiary/aromatic N) is 2. The molecule has 0 unspecified atom stereocenters. The van der Waals surface area contributed by atoms with Crippen LogP contribution < -0.4 is 10.7 Å².